The van der Waals surface area contributed by atoms with Gasteiger partial charge in [-0.25, -0.2) is 0 Å². The molecule has 0 aliphatic carbocycles. The third-order valence-electron chi connectivity index (χ3n) is 3.92. The van der Waals surface area contributed by atoms with E-state index in [1.165, 1.54) is 0 Å². The van der Waals surface area contributed by atoms with Crippen LogP contribution in [0.3, 0.4) is 0 Å². The molecule has 2 rings (SSSR count). The summed E-state index contributed by atoms with van der Waals surface area (Å²) in [7, 11) is 0. The van der Waals surface area contributed by atoms with E-state index in [1.807, 2.05) is 11.0 Å². The molecular formula is C16H20Cl2N2O2. The molecule has 0 atom stereocenters. The summed E-state index contributed by atoms with van der Waals surface area (Å²) in [5.74, 6) is 0.179. The fourth-order valence-corrected chi connectivity index (χ4v) is 3.11. The minimum atomic E-state index is 0.0715. The van der Waals surface area contributed by atoms with Crippen LogP contribution in [0.5, 0.6) is 0 Å². The molecule has 0 spiro atoms. The number of aryl methyl sites for hydroxylation is 1. The summed E-state index contributed by atoms with van der Waals surface area (Å²) in [6.07, 6.45) is 1.84. The van der Waals surface area contributed by atoms with Crippen molar-refractivity contribution in [2.75, 3.05) is 26.2 Å². The quantitative estimate of drug-likeness (QED) is 0.847. The number of halogens is 2. The average molecular weight is 343 g/mol. The summed E-state index contributed by atoms with van der Waals surface area (Å²) in [5.41, 5.74) is 0.930. The molecule has 0 aromatic heterocycles. The van der Waals surface area contributed by atoms with E-state index >= 15 is 0 Å². The summed E-state index contributed by atoms with van der Waals surface area (Å²) in [6.45, 7) is 4.22. The van der Waals surface area contributed by atoms with Crippen LogP contribution >= 0.6 is 23.2 Å². The third-order valence-corrected chi connectivity index (χ3v) is 4.50. The number of benzene rings is 1. The minimum Gasteiger partial charge on any atom is -0.341 e. The van der Waals surface area contributed by atoms with Crippen LogP contribution < -0.4 is 0 Å². The van der Waals surface area contributed by atoms with Gasteiger partial charge in [0.1, 0.15) is 0 Å². The van der Waals surface area contributed by atoms with Gasteiger partial charge in [-0.2, -0.15) is 0 Å². The Kier molecular flexibility index (Phi) is 6.09. The molecule has 0 saturated carbocycles. The van der Waals surface area contributed by atoms with Crippen molar-refractivity contribution in [2.45, 2.75) is 26.2 Å². The Morgan fingerprint density at radius 1 is 1.09 bits per heavy atom. The number of carbonyl (C=O) groups is 2. The molecule has 22 heavy (non-hydrogen) atoms. The number of nitrogens with zero attached hydrogens (tertiary/aromatic N) is 2. The molecule has 4 nitrogen and oxygen atoms in total. The monoisotopic (exact) mass is 342 g/mol. The molecule has 0 unspecified atom stereocenters. The smallest absolute Gasteiger partial charge is 0.222 e. The molecule has 1 saturated heterocycles. The fraction of sp³-hybridized carbons (Fsp3) is 0.500. The topological polar surface area (TPSA) is 40.6 Å². The maximum atomic E-state index is 12.3. The first-order valence-corrected chi connectivity index (χ1v) is 8.20. The van der Waals surface area contributed by atoms with Crippen LogP contribution in [0.15, 0.2) is 18.2 Å². The van der Waals surface area contributed by atoms with Crippen LogP contribution in [0.25, 0.3) is 0 Å². The number of amides is 2. The number of carbonyl (C=O) groups excluding carboxylic acids is 2. The highest BCUT2D eigenvalue weighted by Gasteiger charge is 2.20. The van der Waals surface area contributed by atoms with Gasteiger partial charge < -0.3 is 9.80 Å². The average Bonchev–Trinajstić information content (AvgIpc) is 2.72. The van der Waals surface area contributed by atoms with Gasteiger partial charge in [0.2, 0.25) is 11.8 Å². The zero-order valence-corrected chi connectivity index (χ0v) is 14.2. The molecule has 1 heterocycles. The lowest BCUT2D eigenvalue weighted by molar-refractivity contribution is -0.132. The van der Waals surface area contributed by atoms with Gasteiger partial charge in [-0.05, 0) is 30.5 Å². The van der Waals surface area contributed by atoms with Gasteiger partial charge in [0, 0.05) is 49.6 Å². The summed E-state index contributed by atoms with van der Waals surface area (Å²) in [5, 5.41) is 1.19. The Morgan fingerprint density at radius 2 is 1.77 bits per heavy atom. The Balaban J connectivity index is 1.88. The van der Waals surface area contributed by atoms with E-state index in [4.69, 9.17) is 23.2 Å². The fourth-order valence-electron chi connectivity index (χ4n) is 2.61. The van der Waals surface area contributed by atoms with Crippen molar-refractivity contribution in [2.24, 2.45) is 0 Å². The van der Waals surface area contributed by atoms with Gasteiger partial charge in [-0.3, -0.25) is 9.59 Å². The van der Waals surface area contributed by atoms with E-state index in [-0.39, 0.29) is 11.8 Å². The molecule has 0 N–H and O–H groups in total. The van der Waals surface area contributed by atoms with Crippen molar-refractivity contribution in [3.63, 3.8) is 0 Å². The van der Waals surface area contributed by atoms with Crippen molar-refractivity contribution in [3.05, 3.63) is 33.8 Å². The lowest BCUT2D eigenvalue weighted by atomic mass is 10.1. The Labute approximate surface area is 141 Å². The van der Waals surface area contributed by atoms with Crippen LogP contribution in [0.4, 0.5) is 0 Å². The highest BCUT2D eigenvalue weighted by Crippen LogP contribution is 2.22. The molecule has 0 radical (unpaired) electrons. The molecule has 2 amide bonds. The molecule has 1 aromatic carbocycles. The third kappa shape index (κ3) is 4.62. The number of rotatable bonds is 3. The zero-order chi connectivity index (χ0) is 16.1. The highest BCUT2D eigenvalue weighted by molar-refractivity contribution is 6.35. The standard InChI is InChI=1S/C16H20Cl2N2O2/c1-12(21)19-7-2-8-20(10-9-19)16(22)6-4-13-3-5-14(17)11-15(13)18/h3,5,11H,2,4,6-10H2,1H3. The molecule has 1 aromatic rings. The first kappa shape index (κ1) is 17.1. The van der Waals surface area contributed by atoms with Gasteiger partial charge in [0.25, 0.3) is 0 Å². The summed E-state index contributed by atoms with van der Waals surface area (Å²) >= 11 is 12.0. The van der Waals surface area contributed by atoms with E-state index in [0.717, 1.165) is 18.5 Å². The van der Waals surface area contributed by atoms with Crippen LogP contribution in [0.1, 0.15) is 25.3 Å². The first-order valence-electron chi connectivity index (χ1n) is 7.44. The van der Waals surface area contributed by atoms with E-state index in [2.05, 4.69) is 0 Å². The van der Waals surface area contributed by atoms with Gasteiger partial charge in [-0.15, -0.1) is 0 Å². The van der Waals surface area contributed by atoms with Crippen molar-refractivity contribution >= 4 is 35.0 Å². The summed E-state index contributed by atoms with van der Waals surface area (Å²) in [6, 6.07) is 5.33. The van der Waals surface area contributed by atoms with Crippen LogP contribution in [-0.4, -0.2) is 47.8 Å². The SMILES string of the molecule is CC(=O)N1CCCN(C(=O)CCc2ccc(Cl)cc2Cl)CC1. The zero-order valence-electron chi connectivity index (χ0n) is 12.6. The first-order chi connectivity index (χ1) is 10.5. The van der Waals surface area contributed by atoms with Crippen LogP contribution in [-0.2, 0) is 16.0 Å². The lowest BCUT2D eigenvalue weighted by Gasteiger charge is -2.21. The predicted molar refractivity (Wildman–Crippen MR) is 88.2 cm³/mol. The van der Waals surface area contributed by atoms with E-state index < -0.39 is 0 Å². The predicted octanol–water partition coefficient (Wildman–Crippen LogP) is 3.01. The van der Waals surface area contributed by atoms with Crippen molar-refractivity contribution in [1.82, 2.24) is 9.80 Å². The van der Waals surface area contributed by atoms with Crippen LogP contribution in [0, 0.1) is 0 Å². The van der Waals surface area contributed by atoms with E-state index in [9.17, 15) is 9.59 Å². The second-order valence-corrected chi connectivity index (χ2v) is 6.32. The Bertz CT molecular complexity index is 563. The highest BCUT2D eigenvalue weighted by atomic mass is 35.5. The summed E-state index contributed by atoms with van der Waals surface area (Å²) in [4.78, 5) is 27.4. The maximum Gasteiger partial charge on any atom is 0.222 e. The lowest BCUT2D eigenvalue weighted by Crippen LogP contribution is -2.36. The Morgan fingerprint density at radius 3 is 2.45 bits per heavy atom. The molecule has 120 valence electrons. The van der Waals surface area contributed by atoms with E-state index in [0.29, 0.717) is 42.5 Å². The maximum absolute atomic E-state index is 12.3. The normalized spacial score (nSPS) is 15.6. The molecule has 1 aliphatic rings. The Hall–Kier alpha value is -1.26. The van der Waals surface area contributed by atoms with Crippen molar-refractivity contribution in [1.29, 1.82) is 0 Å². The minimum absolute atomic E-state index is 0.0715. The summed E-state index contributed by atoms with van der Waals surface area (Å²) < 4.78 is 0. The van der Waals surface area contributed by atoms with Crippen LogP contribution in [0.2, 0.25) is 10.0 Å². The van der Waals surface area contributed by atoms with Gasteiger partial charge in [-0.1, -0.05) is 29.3 Å². The second kappa shape index (κ2) is 7.84. The molecule has 1 aliphatic heterocycles. The van der Waals surface area contributed by atoms with Gasteiger partial charge >= 0.3 is 0 Å². The van der Waals surface area contributed by atoms with Gasteiger partial charge in [0.05, 0.1) is 0 Å². The number of hydrogen-bond donors (Lipinski definition) is 0. The number of hydrogen-bond acceptors (Lipinski definition) is 2. The second-order valence-electron chi connectivity index (χ2n) is 5.48. The molecule has 6 heteroatoms. The molecule has 1 fully saturated rings. The van der Waals surface area contributed by atoms with Crippen molar-refractivity contribution < 1.29 is 9.59 Å². The van der Waals surface area contributed by atoms with Crippen molar-refractivity contribution in [3.8, 4) is 0 Å². The van der Waals surface area contributed by atoms with Gasteiger partial charge in [0.15, 0.2) is 0 Å². The molecule has 0 bridgehead atoms. The largest absolute Gasteiger partial charge is 0.341 e. The van der Waals surface area contributed by atoms with E-state index in [1.54, 1.807) is 24.0 Å². The molecular weight excluding hydrogens is 323 g/mol.